The van der Waals surface area contributed by atoms with Crippen LogP contribution in [-0.4, -0.2) is 45.2 Å². The molecule has 8 nitrogen and oxygen atoms in total. The number of aromatic carboxylic acids is 1. The lowest BCUT2D eigenvalue weighted by Crippen LogP contribution is -2.23. The van der Waals surface area contributed by atoms with Crippen LogP contribution >= 0.6 is 0 Å². The predicted octanol–water partition coefficient (Wildman–Crippen LogP) is 0.563. The number of hydrogen-bond acceptors (Lipinski definition) is 8. The molecule has 0 aromatic heterocycles. The first-order chi connectivity index (χ1) is 11.8. The number of ether oxygens (including phenoxy) is 3. The summed E-state index contributed by atoms with van der Waals surface area (Å²) in [5, 5.41) is 11.5. The largest absolute Gasteiger partial charge is 0.545 e. The number of rotatable bonds is 4. The van der Waals surface area contributed by atoms with Gasteiger partial charge in [0.25, 0.3) is 0 Å². The van der Waals surface area contributed by atoms with Gasteiger partial charge in [-0.1, -0.05) is 0 Å². The molecule has 0 N–H and O–H groups in total. The quantitative estimate of drug-likeness (QED) is 0.582. The van der Waals surface area contributed by atoms with Crippen molar-refractivity contribution in [3.8, 4) is 0 Å². The monoisotopic (exact) mass is 345 g/mol. The van der Waals surface area contributed by atoms with E-state index < -0.39 is 23.9 Å². The Kier molecular flexibility index (Phi) is 5.02. The zero-order valence-electron chi connectivity index (χ0n) is 13.6. The SMILES string of the molecule is COC(=O)c1cc(C(=O)OC)c2cc(C(=O)[O-])cc(C(=O)OC)c2c1. The molecule has 0 radical (unpaired) electrons. The zero-order valence-corrected chi connectivity index (χ0v) is 13.6. The van der Waals surface area contributed by atoms with Gasteiger partial charge in [0.1, 0.15) is 0 Å². The molecule has 0 heterocycles. The van der Waals surface area contributed by atoms with Gasteiger partial charge in [0, 0.05) is 0 Å². The molecule has 0 aliphatic rings. The van der Waals surface area contributed by atoms with Crippen LogP contribution in [0, 0.1) is 0 Å². The number of carboxylic acids is 1. The van der Waals surface area contributed by atoms with E-state index in [0.717, 1.165) is 33.5 Å². The fourth-order valence-corrected chi connectivity index (χ4v) is 2.37. The van der Waals surface area contributed by atoms with E-state index in [2.05, 4.69) is 14.2 Å². The van der Waals surface area contributed by atoms with Gasteiger partial charge in [-0.15, -0.1) is 0 Å². The molecule has 0 fully saturated rings. The van der Waals surface area contributed by atoms with Gasteiger partial charge >= 0.3 is 17.9 Å². The summed E-state index contributed by atoms with van der Waals surface area (Å²) in [6, 6.07) is 4.70. The molecule has 0 aliphatic carbocycles. The molecule has 8 heteroatoms. The molecular weight excluding hydrogens is 332 g/mol. The number of carbonyl (C=O) groups excluding carboxylic acids is 4. The highest BCUT2D eigenvalue weighted by atomic mass is 16.5. The van der Waals surface area contributed by atoms with Crippen LogP contribution in [-0.2, 0) is 14.2 Å². The average molecular weight is 345 g/mol. The van der Waals surface area contributed by atoms with Crippen LogP contribution in [0.25, 0.3) is 10.8 Å². The first-order valence-corrected chi connectivity index (χ1v) is 6.92. The van der Waals surface area contributed by atoms with Crippen LogP contribution < -0.4 is 5.11 Å². The van der Waals surface area contributed by atoms with E-state index in [-0.39, 0.29) is 33.0 Å². The van der Waals surface area contributed by atoms with Crippen molar-refractivity contribution < 1.29 is 38.5 Å². The minimum absolute atomic E-state index is 0.0123. The fraction of sp³-hybridized carbons (Fsp3) is 0.176. The van der Waals surface area contributed by atoms with Crippen LogP contribution in [0.15, 0.2) is 24.3 Å². The van der Waals surface area contributed by atoms with Crippen molar-refractivity contribution in [1.82, 2.24) is 0 Å². The molecule has 25 heavy (non-hydrogen) atoms. The second-order valence-corrected chi connectivity index (χ2v) is 4.90. The van der Waals surface area contributed by atoms with Crippen molar-refractivity contribution >= 4 is 34.6 Å². The van der Waals surface area contributed by atoms with Gasteiger partial charge in [0.05, 0.1) is 44.0 Å². The Morgan fingerprint density at radius 3 is 1.48 bits per heavy atom. The molecule has 0 saturated carbocycles. The molecule has 0 saturated heterocycles. The number of methoxy groups -OCH3 is 3. The summed E-state index contributed by atoms with van der Waals surface area (Å²) in [6.07, 6.45) is 0. The van der Waals surface area contributed by atoms with Gasteiger partial charge in [-0.05, 0) is 40.6 Å². The van der Waals surface area contributed by atoms with Gasteiger partial charge in [0.15, 0.2) is 0 Å². The minimum Gasteiger partial charge on any atom is -0.545 e. The lowest BCUT2D eigenvalue weighted by atomic mass is 9.94. The van der Waals surface area contributed by atoms with Gasteiger partial charge in [-0.25, -0.2) is 14.4 Å². The van der Waals surface area contributed by atoms with E-state index in [0.29, 0.717) is 0 Å². The molecular formula is C17H13O8-. The van der Waals surface area contributed by atoms with Gasteiger partial charge in [0.2, 0.25) is 0 Å². The number of carbonyl (C=O) groups is 4. The Bertz CT molecular complexity index is 897. The third-order valence-electron chi connectivity index (χ3n) is 3.54. The molecule has 2 rings (SSSR count). The number of hydrogen-bond donors (Lipinski definition) is 0. The number of esters is 3. The van der Waals surface area contributed by atoms with Crippen molar-refractivity contribution in [3.63, 3.8) is 0 Å². The summed E-state index contributed by atoms with van der Waals surface area (Å²) in [5.41, 5.74) is -0.589. The van der Waals surface area contributed by atoms with Crippen LogP contribution in [0.5, 0.6) is 0 Å². The van der Waals surface area contributed by atoms with Crippen molar-refractivity contribution in [1.29, 1.82) is 0 Å². The van der Waals surface area contributed by atoms with Gasteiger partial charge in [-0.3, -0.25) is 0 Å². The van der Waals surface area contributed by atoms with Crippen LogP contribution in [0.1, 0.15) is 41.4 Å². The fourth-order valence-electron chi connectivity index (χ4n) is 2.37. The molecule has 0 spiro atoms. The highest BCUT2D eigenvalue weighted by molar-refractivity contribution is 6.15. The first kappa shape index (κ1) is 17.9. The second-order valence-electron chi connectivity index (χ2n) is 4.90. The standard InChI is InChI=1S/C17H14O8/c1-23-15(20)9-6-11-10(13(7-9)17(22)25-3)4-8(14(18)19)5-12(11)16(21)24-2/h4-7H,1-3H3,(H,18,19)/p-1. The van der Waals surface area contributed by atoms with Crippen molar-refractivity contribution in [3.05, 3.63) is 46.5 Å². The molecule has 0 bridgehead atoms. The second kappa shape index (κ2) is 7.00. The highest BCUT2D eigenvalue weighted by Gasteiger charge is 2.21. The Balaban J connectivity index is 2.98. The lowest BCUT2D eigenvalue weighted by Gasteiger charge is -2.13. The maximum atomic E-state index is 12.1. The Morgan fingerprint density at radius 1 is 0.680 bits per heavy atom. The number of carboxylic acid groups (broad SMARTS) is 1. The van der Waals surface area contributed by atoms with Crippen molar-refractivity contribution in [2.45, 2.75) is 0 Å². The van der Waals surface area contributed by atoms with Crippen molar-refractivity contribution in [2.75, 3.05) is 21.3 Å². The number of fused-ring (bicyclic) bond motifs is 1. The third-order valence-corrected chi connectivity index (χ3v) is 3.54. The third kappa shape index (κ3) is 3.27. The lowest BCUT2D eigenvalue weighted by molar-refractivity contribution is -0.255. The molecule has 2 aromatic rings. The topological polar surface area (TPSA) is 119 Å². The summed E-state index contributed by atoms with van der Waals surface area (Å²) in [4.78, 5) is 47.2. The normalized spacial score (nSPS) is 10.2. The summed E-state index contributed by atoms with van der Waals surface area (Å²) in [7, 11) is 3.40. The van der Waals surface area contributed by atoms with E-state index in [4.69, 9.17) is 0 Å². The van der Waals surface area contributed by atoms with E-state index >= 15 is 0 Å². The van der Waals surface area contributed by atoms with Crippen LogP contribution in [0.4, 0.5) is 0 Å². The molecule has 130 valence electrons. The predicted molar refractivity (Wildman–Crippen MR) is 82.3 cm³/mol. The van der Waals surface area contributed by atoms with Crippen LogP contribution in [0.3, 0.4) is 0 Å². The van der Waals surface area contributed by atoms with Gasteiger partial charge < -0.3 is 24.1 Å². The zero-order chi connectivity index (χ0) is 18.7. The first-order valence-electron chi connectivity index (χ1n) is 6.92. The van der Waals surface area contributed by atoms with Gasteiger partial charge in [-0.2, -0.15) is 0 Å². The Hall–Kier alpha value is -3.42. The highest BCUT2D eigenvalue weighted by Crippen LogP contribution is 2.28. The summed E-state index contributed by atoms with van der Waals surface area (Å²) >= 11 is 0. The maximum Gasteiger partial charge on any atom is 0.338 e. The molecule has 0 atom stereocenters. The molecule has 0 aliphatic heterocycles. The van der Waals surface area contributed by atoms with E-state index in [1.165, 1.54) is 12.1 Å². The average Bonchev–Trinajstić information content (AvgIpc) is 2.63. The summed E-state index contributed by atoms with van der Waals surface area (Å²) in [5.74, 6) is -3.94. The Morgan fingerprint density at radius 2 is 1.08 bits per heavy atom. The maximum absolute atomic E-state index is 12.1. The van der Waals surface area contributed by atoms with E-state index in [9.17, 15) is 24.3 Å². The molecule has 0 amide bonds. The summed E-state index contributed by atoms with van der Waals surface area (Å²) < 4.78 is 13.9. The summed E-state index contributed by atoms with van der Waals surface area (Å²) in [6.45, 7) is 0. The Labute approximate surface area is 141 Å². The molecule has 0 unspecified atom stereocenters. The molecule has 2 aromatic carbocycles. The minimum atomic E-state index is -1.54. The van der Waals surface area contributed by atoms with Crippen molar-refractivity contribution in [2.24, 2.45) is 0 Å². The van der Waals surface area contributed by atoms with E-state index in [1.54, 1.807) is 0 Å². The van der Waals surface area contributed by atoms with E-state index in [1.807, 2.05) is 0 Å². The smallest absolute Gasteiger partial charge is 0.338 e. The number of benzene rings is 2. The van der Waals surface area contributed by atoms with Crippen LogP contribution in [0.2, 0.25) is 0 Å².